The minimum atomic E-state index is -0.0971. The molecular formula is C23H24BrN3OS. The van der Waals surface area contributed by atoms with Crippen LogP contribution in [-0.2, 0) is 10.5 Å². The van der Waals surface area contributed by atoms with Gasteiger partial charge < -0.3 is 4.57 Å². The smallest absolute Gasteiger partial charge is 0.250 e. The molecule has 0 aliphatic carbocycles. The van der Waals surface area contributed by atoms with Crippen molar-refractivity contribution in [2.24, 2.45) is 5.10 Å². The molecule has 29 heavy (non-hydrogen) atoms. The van der Waals surface area contributed by atoms with Crippen LogP contribution < -0.4 is 5.43 Å². The van der Waals surface area contributed by atoms with E-state index in [1.165, 1.54) is 11.1 Å². The quantitative estimate of drug-likeness (QED) is 0.364. The number of hydrazone groups is 1. The molecular weight excluding hydrogens is 446 g/mol. The Morgan fingerprint density at radius 1 is 1.10 bits per heavy atom. The highest BCUT2D eigenvalue weighted by Gasteiger charge is 2.09. The number of nitrogens with one attached hydrogen (secondary N) is 1. The van der Waals surface area contributed by atoms with Gasteiger partial charge in [0.2, 0.25) is 5.91 Å². The van der Waals surface area contributed by atoms with Crippen LogP contribution in [-0.4, -0.2) is 22.4 Å². The van der Waals surface area contributed by atoms with Crippen molar-refractivity contribution in [2.45, 2.75) is 26.5 Å². The van der Waals surface area contributed by atoms with Crippen LogP contribution in [0.25, 0.3) is 5.69 Å². The van der Waals surface area contributed by atoms with E-state index in [-0.39, 0.29) is 5.91 Å². The molecule has 0 bridgehead atoms. The normalized spacial score (nSPS) is 11.2. The molecule has 6 heteroatoms. The van der Waals surface area contributed by atoms with Gasteiger partial charge in [-0.05, 0) is 56.7 Å². The maximum atomic E-state index is 12.0. The van der Waals surface area contributed by atoms with E-state index in [0.29, 0.717) is 5.75 Å². The summed E-state index contributed by atoms with van der Waals surface area (Å²) in [6.07, 6.45) is 1.71. The molecule has 0 saturated heterocycles. The molecule has 1 amide bonds. The fraction of sp³-hybridized carbons (Fsp3) is 0.217. The minimum absolute atomic E-state index is 0.0971. The van der Waals surface area contributed by atoms with E-state index in [2.05, 4.69) is 94.3 Å². The van der Waals surface area contributed by atoms with Gasteiger partial charge in [-0.15, -0.1) is 11.8 Å². The minimum Gasteiger partial charge on any atom is -0.318 e. The van der Waals surface area contributed by atoms with Gasteiger partial charge in [-0.25, -0.2) is 5.43 Å². The first-order valence-electron chi connectivity index (χ1n) is 9.34. The number of aromatic nitrogens is 1. The number of carbonyl (C=O) groups is 1. The summed E-state index contributed by atoms with van der Waals surface area (Å²) in [6.45, 7) is 6.18. The van der Waals surface area contributed by atoms with Gasteiger partial charge in [0.15, 0.2) is 0 Å². The van der Waals surface area contributed by atoms with E-state index in [1.54, 1.807) is 18.0 Å². The summed E-state index contributed by atoms with van der Waals surface area (Å²) in [7, 11) is 0. The number of thioether (sulfide) groups is 1. The summed E-state index contributed by atoms with van der Waals surface area (Å²) in [5.41, 5.74) is 9.36. The maximum absolute atomic E-state index is 12.0. The van der Waals surface area contributed by atoms with Gasteiger partial charge >= 0.3 is 0 Å². The predicted molar refractivity (Wildman–Crippen MR) is 126 cm³/mol. The second-order valence-corrected chi connectivity index (χ2v) is 8.81. The first kappa shape index (κ1) is 21.4. The molecule has 2 aromatic carbocycles. The number of rotatable bonds is 7. The van der Waals surface area contributed by atoms with E-state index in [9.17, 15) is 4.79 Å². The third-order valence-electron chi connectivity index (χ3n) is 4.57. The zero-order valence-electron chi connectivity index (χ0n) is 16.8. The lowest BCUT2D eigenvalue weighted by Gasteiger charge is -2.09. The lowest BCUT2D eigenvalue weighted by atomic mass is 10.2. The van der Waals surface area contributed by atoms with Crippen LogP contribution in [0, 0.1) is 20.8 Å². The van der Waals surface area contributed by atoms with Gasteiger partial charge in [-0.3, -0.25) is 4.79 Å². The number of hydrogen-bond donors (Lipinski definition) is 1. The van der Waals surface area contributed by atoms with Crippen LogP contribution in [0.15, 0.2) is 64.2 Å². The molecule has 1 N–H and O–H groups in total. The van der Waals surface area contributed by atoms with Crippen molar-refractivity contribution in [1.29, 1.82) is 0 Å². The highest BCUT2D eigenvalue weighted by Crippen LogP contribution is 2.21. The standard InChI is InChI=1S/C23H24BrN3OS/c1-16-4-6-19(7-5-16)14-29-15-23(28)26-25-13-20-12-17(2)27(18(20)3)22-10-8-21(24)9-11-22/h4-13H,14-15H2,1-3H3,(H,26,28)/b25-13-. The number of amides is 1. The predicted octanol–water partition coefficient (Wildman–Crippen LogP) is 5.55. The van der Waals surface area contributed by atoms with Crippen molar-refractivity contribution in [3.63, 3.8) is 0 Å². The number of carbonyl (C=O) groups excluding carboxylic acids is 1. The van der Waals surface area contributed by atoms with Crippen LogP contribution in [0.3, 0.4) is 0 Å². The van der Waals surface area contributed by atoms with E-state index in [1.807, 2.05) is 12.1 Å². The van der Waals surface area contributed by atoms with Gasteiger partial charge in [0, 0.05) is 32.9 Å². The summed E-state index contributed by atoms with van der Waals surface area (Å²) in [5.74, 6) is 1.09. The second kappa shape index (κ2) is 9.94. The highest BCUT2D eigenvalue weighted by molar-refractivity contribution is 9.10. The molecule has 0 aliphatic rings. The summed E-state index contributed by atoms with van der Waals surface area (Å²) in [6, 6.07) is 18.6. The van der Waals surface area contributed by atoms with E-state index in [0.717, 1.165) is 32.9 Å². The summed E-state index contributed by atoms with van der Waals surface area (Å²) in [4.78, 5) is 12.0. The van der Waals surface area contributed by atoms with Gasteiger partial charge in [0.25, 0.3) is 0 Å². The van der Waals surface area contributed by atoms with Crippen LogP contribution >= 0.6 is 27.7 Å². The molecule has 3 rings (SSSR count). The van der Waals surface area contributed by atoms with Crippen molar-refractivity contribution in [2.75, 3.05) is 5.75 Å². The number of benzene rings is 2. The van der Waals surface area contributed by atoms with Gasteiger partial charge in [0.05, 0.1) is 12.0 Å². The Balaban J connectivity index is 1.54. The Bertz CT molecular complexity index is 1010. The number of aryl methyl sites for hydroxylation is 2. The Hall–Kier alpha value is -2.31. The summed E-state index contributed by atoms with van der Waals surface area (Å²) in [5, 5.41) is 4.14. The average molecular weight is 470 g/mol. The molecule has 1 aromatic heterocycles. The lowest BCUT2D eigenvalue weighted by Crippen LogP contribution is -2.19. The molecule has 1 heterocycles. The fourth-order valence-electron chi connectivity index (χ4n) is 3.06. The molecule has 0 aliphatic heterocycles. The maximum Gasteiger partial charge on any atom is 0.250 e. The Morgan fingerprint density at radius 3 is 2.48 bits per heavy atom. The molecule has 0 unspecified atom stereocenters. The van der Waals surface area contributed by atoms with Crippen molar-refractivity contribution in [1.82, 2.24) is 9.99 Å². The van der Waals surface area contributed by atoms with E-state index in [4.69, 9.17) is 0 Å². The Morgan fingerprint density at radius 2 is 1.79 bits per heavy atom. The fourth-order valence-corrected chi connectivity index (χ4v) is 4.10. The molecule has 0 radical (unpaired) electrons. The summed E-state index contributed by atoms with van der Waals surface area (Å²) >= 11 is 5.05. The third kappa shape index (κ3) is 5.84. The van der Waals surface area contributed by atoms with Crippen molar-refractivity contribution in [3.8, 4) is 5.69 Å². The number of nitrogens with zero attached hydrogens (tertiary/aromatic N) is 2. The van der Waals surface area contributed by atoms with Crippen LogP contribution in [0.5, 0.6) is 0 Å². The van der Waals surface area contributed by atoms with E-state index >= 15 is 0 Å². The van der Waals surface area contributed by atoms with Crippen LogP contribution in [0.4, 0.5) is 0 Å². The largest absolute Gasteiger partial charge is 0.318 e. The topological polar surface area (TPSA) is 46.4 Å². The Labute approximate surface area is 184 Å². The van der Waals surface area contributed by atoms with Crippen LogP contribution in [0.2, 0.25) is 0 Å². The Kier molecular flexibility index (Phi) is 7.34. The zero-order valence-corrected chi connectivity index (χ0v) is 19.2. The SMILES string of the molecule is Cc1ccc(CSCC(=O)N/N=C\c2cc(C)n(-c3ccc(Br)cc3)c2C)cc1. The van der Waals surface area contributed by atoms with Gasteiger partial charge in [-0.1, -0.05) is 45.8 Å². The van der Waals surface area contributed by atoms with Gasteiger partial charge in [0.1, 0.15) is 0 Å². The molecule has 0 saturated carbocycles. The highest BCUT2D eigenvalue weighted by atomic mass is 79.9. The molecule has 3 aromatic rings. The molecule has 4 nitrogen and oxygen atoms in total. The first-order chi connectivity index (χ1) is 13.9. The molecule has 0 fully saturated rings. The second-order valence-electron chi connectivity index (χ2n) is 6.91. The number of halogens is 1. The molecule has 150 valence electrons. The third-order valence-corrected chi connectivity index (χ3v) is 6.10. The van der Waals surface area contributed by atoms with E-state index < -0.39 is 0 Å². The van der Waals surface area contributed by atoms with Crippen LogP contribution in [0.1, 0.15) is 28.1 Å². The number of hydrogen-bond acceptors (Lipinski definition) is 3. The van der Waals surface area contributed by atoms with Crippen molar-refractivity contribution in [3.05, 3.63) is 87.1 Å². The lowest BCUT2D eigenvalue weighted by molar-refractivity contribution is -0.118. The first-order valence-corrected chi connectivity index (χ1v) is 11.3. The van der Waals surface area contributed by atoms with Crippen molar-refractivity contribution >= 4 is 39.8 Å². The monoisotopic (exact) mass is 469 g/mol. The summed E-state index contributed by atoms with van der Waals surface area (Å²) < 4.78 is 3.22. The molecule has 0 atom stereocenters. The average Bonchev–Trinajstić information content (AvgIpc) is 2.98. The van der Waals surface area contributed by atoms with Gasteiger partial charge in [-0.2, -0.15) is 5.10 Å². The molecule has 0 spiro atoms. The van der Waals surface area contributed by atoms with Crippen molar-refractivity contribution < 1.29 is 4.79 Å². The zero-order chi connectivity index (χ0) is 20.8.